The summed E-state index contributed by atoms with van der Waals surface area (Å²) in [5, 5.41) is 15.1. The fourth-order valence-electron chi connectivity index (χ4n) is 2.44. The van der Waals surface area contributed by atoms with Gasteiger partial charge in [-0.15, -0.1) is 11.3 Å². The second kappa shape index (κ2) is 7.89. The molecule has 0 bridgehead atoms. The van der Waals surface area contributed by atoms with E-state index in [0.29, 0.717) is 5.69 Å². The number of hydrogen-bond donors (Lipinski definition) is 2. The van der Waals surface area contributed by atoms with Crippen LogP contribution in [0.15, 0.2) is 58.8 Å². The lowest BCUT2D eigenvalue weighted by Gasteiger charge is -2.09. The summed E-state index contributed by atoms with van der Waals surface area (Å²) in [5.74, 6) is -0.644. The van der Waals surface area contributed by atoms with Crippen LogP contribution in [0, 0.1) is 0 Å². The Balaban J connectivity index is 1.73. The van der Waals surface area contributed by atoms with E-state index in [2.05, 4.69) is 10.3 Å². The highest BCUT2D eigenvalue weighted by atomic mass is 32.2. The predicted octanol–water partition coefficient (Wildman–Crippen LogP) is 3.49. The maximum absolute atomic E-state index is 12.3. The lowest BCUT2D eigenvalue weighted by atomic mass is 10.2. The fraction of sp³-hybridized carbons (Fsp3) is 0.158. The van der Waals surface area contributed by atoms with Gasteiger partial charge in [0, 0.05) is 10.9 Å². The minimum absolute atomic E-state index is 0.0214. The zero-order valence-corrected chi connectivity index (χ0v) is 16.2. The summed E-state index contributed by atoms with van der Waals surface area (Å²) in [6, 6.07) is 13.5. The topological polar surface area (TPSA) is 96.4 Å². The number of phenolic OH excluding ortho intramolecular Hbond substituents is 1. The molecule has 0 radical (unpaired) electrons. The molecule has 3 aromatic rings. The Bertz CT molecular complexity index is 1060. The molecule has 0 fully saturated rings. The van der Waals surface area contributed by atoms with Gasteiger partial charge in [-0.25, -0.2) is 13.4 Å². The average Bonchev–Trinajstić information content (AvgIpc) is 3.12. The molecule has 0 aliphatic carbocycles. The number of phenols is 1. The average molecular weight is 402 g/mol. The molecule has 140 valence electrons. The van der Waals surface area contributed by atoms with E-state index < -0.39 is 9.84 Å². The van der Waals surface area contributed by atoms with E-state index in [-0.39, 0.29) is 34.4 Å². The molecule has 1 aromatic heterocycles. The smallest absolute Gasteiger partial charge is 0.230 e. The maximum atomic E-state index is 12.3. The number of aromatic nitrogens is 1. The Labute approximate surface area is 161 Å². The number of nitrogens with zero attached hydrogens (tertiary/aromatic N) is 1. The third-order valence-electron chi connectivity index (χ3n) is 3.90. The van der Waals surface area contributed by atoms with Gasteiger partial charge in [0.2, 0.25) is 5.91 Å². The largest absolute Gasteiger partial charge is 0.506 e. The van der Waals surface area contributed by atoms with E-state index in [1.165, 1.54) is 36.5 Å². The minimum atomic E-state index is -3.43. The molecule has 0 saturated heterocycles. The second-order valence-corrected chi connectivity index (χ2v) is 8.95. The Morgan fingerprint density at radius 2 is 1.93 bits per heavy atom. The first-order chi connectivity index (χ1) is 12.9. The molecule has 8 heteroatoms. The summed E-state index contributed by atoms with van der Waals surface area (Å²) >= 11 is 1.44. The van der Waals surface area contributed by atoms with Crippen LogP contribution in [-0.2, 0) is 21.1 Å². The highest BCUT2D eigenvalue weighted by molar-refractivity contribution is 7.91. The zero-order valence-electron chi connectivity index (χ0n) is 14.5. The molecule has 1 amide bonds. The number of carbonyl (C=O) groups excluding carboxylic acids is 1. The van der Waals surface area contributed by atoms with E-state index in [0.717, 1.165) is 10.6 Å². The van der Waals surface area contributed by atoms with Crippen molar-refractivity contribution in [1.29, 1.82) is 0 Å². The number of aromatic hydroxyl groups is 1. The number of carbonyl (C=O) groups is 1. The summed E-state index contributed by atoms with van der Waals surface area (Å²) in [6.07, 6.45) is 0.0214. The van der Waals surface area contributed by atoms with Crippen molar-refractivity contribution in [2.75, 3.05) is 11.1 Å². The molecule has 0 saturated carbocycles. The third-order valence-corrected chi connectivity index (χ3v) is 6.57. The number of thiazole rings is 1. The van der Waals surface area contributed by atoms with Crippen LogP contribution < -0.4 is 5.32 Å². The van der Waals surface area contributed by atoms with Crippen LogP contribution in [0.25, 0.3) is 10.6 Å². The number of sulfone groups is 1. The molecule has 1 heterocycles. The van der Waals surface area contributed by atoms with Gasteiger partial charge >= 0.3 is 0 Å². The second-order valence-electron chi connectivity index (χ2n) is 5.82. The SMILES string of the molecule is CCS(=O)(=O)c1ccc(O)c(NC(=O)Cc2csc(-c3ccccc3)n2)c1. The first kappa shape index (κ1) is 19.1. The lowest BCUT2D eigenvalue weighted by molar-refractivity contribution is -0.115. The van der Waals surface area contributed by atoms with Crippen molar-refractivity contribution >= 4 is 32.8 Å². The van der Waals surface area contributed by atoms with Crippen molar-refractivity contribution in [3.63, 3.8) is 0 Å². The van der Waals surface area contributed by atoms with Crippen LogP contribution in [-0.4, -0.2) is 30.2 Å². The molecule has 0 unspecified atom stereocenters. The van der Waals surface area contributed by atoms with Gasteiger partial charge in [-0.2, -0.15) is 0 Å². The van der Waals surface area contributed by atoms with E-state index in [1.807, 2.05) is 30.3 Å². The van der Waals surface area contributed by atoms with E-state index >= 15 is 0 Å². The summed E-state index contributed by atoms with van der Waals surface area (Å²) < 4.78 is 24.0. The lowest BCUT2D eigenvalue weighted by Crippen LogP contribution is -2.15. The Morgan fingerprint density at radius 3 is 2.63 bits per heavy atom. The van der Waals surface area contributed by atoms with Crippen LogP contribution in [0.1, 0.15) is 12.6 Å². The van der Waals surface area contributed by atoms with Gasteiger partial charge in [-0.05, 0) is 18.2 Å². The molecule has 27 heavy (non-hydrogen) atoms. The maximum Gasteiger partial charge on any atom is 0.230 e. The van der Waals surface area contributed by atoms with Crippen molar-refractivity contribution in [1.82, 2.24) is 4.98 Å². The van der Waals surface area contributed by atoms with Crippen molar-refractivity contribution in [3.05, 3.63) is 59.6 Å². The van der Waals surface area contributed by atoms with E-state index in [9.17, 15) is 18.3 Å². The van der Waals surface area contributed by atoms with Crippen LogP contribution in [0.2, 0.25) is 0 Å². The highest BCUT2D eigenvalue weighted by Gasteiger charge is 2.16. The van der Waals surface area contributed by atoms with Gasteiger partial charge in [-0.3, -0.25) is 4.79 Å². The molecule has 0 aliphatic rings. The predicted molar refractivity (Wildman–Crippen MR) is 106 cm³/mol. The third kappa shape index (κ3) is 4.53. The normalized spacial score (nSPS) is 11.3. The van der Waals surface area contributed by atoms with Crippen molar-refractivity contribution in [3.8, 4) is 16.3 Å². The molecule has 0 atom stereocenters. The van der Waals surface area contributed by atoms with Gasteiger partial charge < -0.3 is 10.4 Å². The van der Waals surface area contributed by atoms with E-state index in [4.69, 9.17) is 0 Å². The highest BCUT2D eigenvalue weighted by Crippen LogP contribution is 2.28. The van der Waals surface area contributed by atoms with Gasteiger partial charge in [0.05, 0.1) is 28.5 Å². The molecular formula is C19H18N2O4S2. The Morgan fingerprint density at radius 1 is 1.19 bits per heavy atom. The first-order valence-electron chi connectivity index (χ1n) is 8.24. The summed E-state index contributed by atoms with van der Waals surface area (Å²) in [5.41, 5.74) is 1.64. The number of nitrogens with one attached hydrogen (secondary N) is 1. The van der Waals surface area contributed by atoms with Gasteiger partial charge in [0.1, 0.15) is 10.8 Å². The molecular weight excluding hydrogens is 384 g/mol. The number of rotatable bonds is 6. The van der Waals surface area contributed by atoms with Crippen molar-refractivity contribution in [2.45, 2.75) is 18.2 Å². The molecule has 3 rings (SSSR count). The number of amides is 1. The minimum Gasteiger partial charge on any atom is -0.506 e. The monoisotopic (exact) mass is 402 g/mol. The van der Waals surface area contributed by atoms with Crippen LogP contribution in [0.3, 0.4) is 0 Å². The Hall–Kier alpha value is -2.71. The molecule has 2 aromatic carbocycles. The fourth-order valence-corrected chi connectivity index (χ4v) is 4.17. The summed E-state index contributed by atoms with van der Waals surface area (Å²) in [6.45, 7) is 1.53. The van der Waals surface area contributed by atoms with Crippen LogP contribution >= 0.6 is 11.3 Å². The first-order valence-corrected chi connectivity index (χ1v) is 10.8. The van der Waals surface area contributed by atoms with Crippen molar-refractivity contribution in [2.24, 2.45) is 0 Å². The number of anilines is 1. The number of hydrogen-bond acceptors (Lipinski definition) is 6. The molecule has 6 nitrogen and oxygen atoms in total. The van der Waals surface area contributed by atoms with Gasteiger partial charge in [0.25, 0.3) is 0 Å². The number of benzene rings is 2. The van der Waals surface area contributed by atoms with Crippen molar-refractivity contribution < 1.29 is 18.3 Å². The zero-order chi connectivity index (χ0) is 19.4. The van der Waals surface area contributed by atoms with Gasteiger partial charge in [0.15, 0.2) is 9.84 Å². The molecule has 0 spiro atoms. The quantitative estimate of drug-likeness (QED) is 0.615. The molecule has 0 aliphatic heterocycles. The van der Waals surface area contributed by atoms with Crippen LogP contribution in [0.5, 0.6) is 5.75 Å². The summed E-state index contributed by atoms with van der Waals surface area (Å²) in [4.78, 5) is 16.8. The van der Waals surface area contributed by atoms with E-state index in [1.54, 1.807) is 5.38 Å². The standard InChI is InChI=1S/C19H18N2O4S2/c1-2-27(24,25)15-8-9-17(22)16(11-15)21-18(23)10-14-12-26-19(20-14)13-6-4-3-5-7-13/h3-9,11-12,22H,2,10H2,1H3,(H,21,23). The van der Waals surface area contributed by atoms with Gasteiger partial charge in [-0.1, -0.05) is 37.3 Å². The van der Waals surface area contributed by atoms with Crippen LogP contribution in [0.4, 0.5) is 5.69 Å². The Kier molecular flexibility index (Phi) is 5.57. The molecule has 2 N–H and O–H groups in total. The summed E-state index contributed by atoms with van der Waals surface area (Å²) in [7, 11) is -3.43.